The van der Waals surface area contributed by atoms with Gasteiger partial charge in [-0.1, -0.05) is 12.1 Å². The Hall–Kier alpha value is -2.46. The molecule has 5 nitrogen and oxygen atoms in total. The first-order valence-electron chi connectivity index (χ1n) is 8.66. The van der Waals surface area contributed by atoms with Crippen LogP contribution in [0.2, 0.25) is 0 Å². The van der Waals surface area contributed by atoms with Crippen LogP contribution in [-0.2, 0) is 27.4 Å². The number of nitrogens with one attached hydrogen (secondary N) is 2. The van der Waals surface area contributed by atoms with Crippen molar-refractivity contribution in [2.24, 2.45) is 0 Å². The molecule has 29 heavy (non-hydrogen) atoms. The molecule has 1 amide bonds. The lowest BCUT2D eigenvalue weighted by Gasteiger charge is -2.11. The fraction of sp³-hybridized carbons (Fsp3) is 0.316. The number of halogens is 4. The van der Waals surface area contributed by atoms with Gasteiger partial charge in [0.1, 0.15) is 5.82 Å². The summed E-state index contributed by atoms with van der Waals surface area (Å²) in [6.45, 7) is 3.40. The topological polar surface area (TPSA) is 75.3 Å². The molecule has 158 valence electrons. The summed E-state index contributed by atoms with van der Waals surface area (Å²) in [7, 11) is -3.62. The fourth-order valence-corrected chi connectivity index (χ4v) is 3.77. The molecule has 0 heterocycles. The van der Waals surface area contributed by atoms with Crippen LogP contribution in [0.3, 0.4) is 0 Å². The van der Waals surface area contributed by atoms with E-state index in [1.165, 1.54) is 12.1 Å². The third-order valence-corrected chi connectivity index (χ3v) is 5.50. The molecule has 0 aromatic heterocycles. The number of anilines is 1. The summed E-state index contributed by atoms with van der Waals surface area (Å²) in [4.78, 5) is 12.1. The van der Waals surface area contributed by atoms with Gasteiger partial charge in [-0.3, -0.25) is 4.79 Å². The molecule has 0 atom stereocenters. The first-order valence-corrected chi connectivity index (χ1v) is 10.1. The molecule has 2 rings (SSSR count). The van der Waals surface area contributed by atoms with Crippen LogP contribution in [0, 0.1) is 5.82 Å². The van der Waals surface area contributed by atoms with Gasteiger partial charge in [0.15, 0.2) is 0 Å². The van der Waals surface area contributed by atoms with E-state index in [-0.39, 0.29) is 29.5 Å². The van der Waals surface area contributed by atoms with Gasteiger partial charge in [-0.25, -0.2) is 17.5 Å². The molecule has 0 saturated heterocycles. The lowest BCUT2D eigenvalue weighted by Crippen LogP contribution is -2.30. The number of aryl methyl sites for hydroxylation is 1. The summed E-state index contributed by atoms with van der Waals surface area (Å²) in [5, 5.41) is 2.30. The van der Waals surface area contributed by atoms with Crippen molar-refractivity contribution in [3.05, 3.63) is 59.4 Å². The number of carbonyl (C=O) groups is 1. The van der Waals surface area contributed by atoms with Crippen molar-refractivity contribution in [3.8, 4) is 0 Å². The summed E-state index contributed by atoms with van der Waals surface area (Å²) in [6.07, 6.45) is -4.66. The lowest BCUT2D eigenvalue weighted by molar-refractivity contribution is -0.140. The molecule has 2 N–H and O–H groups in total. The molecular weight excluding hydrogens is 412 g/mol. The van der Waals surface area contributed by atoms with Crippen LogP contribution >= 0.6 is 0 Å². The van der Waals surface area contributed by atoms with Crippen molar-refractivity contribution in [2.75, 3.05) is 5.32 Å². The Labute approximate surface area is 166 Å². The Balaban J connectivity index is 1.98. The Bertz CT molecular complexity index is 972. The predicted molar refractivity (Wildman–Crippen MR) is 100 cm³/mol. The fourth-order valence-electron chi connectivity index (χ4n) is 2.52. The molecule has 0 spiro atoms. The van der Waals surface area contributed by atoms with E-state index in [0.717, 1.165) is 6.07 Å². The number of rotatable bonds is 7. The number of hydrogen-bond donors (Lipinski definition) is 2. The molecule has 0 bridgehead atoms. The van der Waals surface area contributed by atoms with Gasteiger partial charge >= 0.3 is 6.18 Å². The molecule has 0 aliphatic carbocycles. The van der Waals surface area contributed by atoms with Crippen LogP contribution in [0.25, 0.3) is 0 Å². The van der Waals surface area contributed by atoms with Crippen LogP contribution in [-0.4, -0.2) is 20.4 Å². The third kappa shape index (κ3) is 6.53. The molecule has 0 aliphatic rings. The highest BCUT2D eigenvalue weighted by molar-refractivity contribution is 7.89. The number of alkyl halides is 3. The largest absolute Gasteiger partial charge is 0.419 e. The molecule has 10 heteroatoms. The highest BCUT2D eigenvalue weighted by Gasteiger charge is 2.34. The summed E-state index contributed by atoms with van der Waals surface area (Å²) < 4.78 is 78.0. The Kier molecular flexibility index (Phi) is 7.02. The van der Waals surface area contributed by atoms with E-state index >= 15 is 0 Å². The molecular formula is C19H20F4N2O3S. The third-order valence-electron chi connectivity index (χ3n) is 3.82. The Morgan fingerprint density at radius 1 is 1.07 bits per heavy atom. The Morgan fingerprint density at radius 2 is 1.69 bits per heavy atom. The van der Waals surface area contributed by atoms with Crippen LogP contribution in [0.1, 0.15) is 31.4 Å². The number of carbonyl (C=O) groups excluding carboxylic acids is 1. The minimum Gasteiger partial charge on any atom is -0.326 e. The molecule has 0 unspecified atom stereocenters. The van der Waals surface area contributed by atoms with Gasteiger partial charge in [0.25, 0.3) is 0 Å². The highest BCUT2D eigenvalue weighted by atomic mass is 32.2. The molecule has 0 fully saturated rings. The molecule has 0 saturated carbocycles. The minimum absolute atomic E-state index is 0.0466. The van der Waals surface area contributed by atoms with Crippen molar-refractivity contribution in [2.45, 2.75) is 43.8 Å². The monoisotopic (exact) mass is 432 g/mol. The van der Waals surface area contributed by atoms with E-state index in [9.17, 15) is 30.8 Å². The second-order valence-electron chi connectivity index (χ2n) is 6.66. The van der Waals surface area contributed by atoms with Gasteiger partial charge < -0.3 is 5.32 Å². The van der Waals surface area contributed by atoms with Crippen molar-refractivity contribution in [3.63, 3.8) is 0 Å². The maximum absolute atomic E-state index is 13.3. The second kappa shape index (κ2) is 8.91. The van der Waals surface area contributed by atoms with E-state index in [1.807, 2.05) is 0 Å². The average Bonchev–Trinajstić information content (AvgIpc) is 2.60. The summed E-state index contributed by atoms with van der Waals surface area (Å²) in [6, 6.07) is 7.90. The zero-order valence-corrected chi connectivity index (χ0v) is 16.5. The minimum atomic E-state index is -4.86. The van der Waals surface area contributed by atoms with Crippen LogP contribution < -0.4 is 10.0 Å². The first-order chi connectivity index (χ1) is 13.4. The number of sulfonamides is 1. The normalized spacial score (nSPS) is 12.2. The lowest BCUT2D eigenvalue weighted by atomic mass is 10.1. The smallest absolute Gasteiger partial charge is 0.326 e. The summed E-state index contributed by atoms with van der Waals surface area (Å²) in [5.41, 5.74) is -0.939. The number of amides is 1. The summed E-state index contributed by atoms with van der Waals surface area (Å²) >= 11 is 0. The van der Waals surface area contributed by atoms with E-state index in [1.54, 1.807) is 26.0 Å². The van der Waals surface area contributed by atoms with Crippen LogP contribution in [0.5, 0.6) is 0 Å². The molecule has 0 radical (unpaired) electrons. The standard InChI is InChI=1S/C19H20F4N2O3S/c1-12(2)25-29(27,28)15-7-3-13(4-8-15)5-10-18(26)24-14-6-9-17(20)16(11-14)19(21,22)23/h3-4,6-9,11-12,25H,5,10H2,1-2H3,(H,24,26). The zero-order valence-electron chi connectivity index (χ0n) is 15.7. The van der Waals surface area contributed by atoms with E-state index in [4.69, 9.17) is 0 Å². The maximum atomic E-state index is 13.3. The van der Waals surface area contributed by atoms with Gasteiger partial charge in [-0.2, -0.15) is 13.2 Å². The van der Waals surface area contributed by atoms with Crippen molar-refractivity contribution in [1.82, 2.24) is 4.72 Å². The van der Waals surface area contributed by atoms with Gasteiger partial charge in [0.05, 0.1) is 10.5 Å². The zero-order chi connectivity index (χ0) is 21.8. The van der Waals surface area contributed by atoms with Crippen molar-refractivity contribution < 1.29 is 30.8 Å². The quantitative estimate of drug-likeness (QED) is 0.647. The highest BCUT2D eigenvalue weighted by Crippen LogP contribution is 2.33. The molecule has 0 aliphatic heterocycles. The van der Waals surface area contributed by atoms with Gasteiger partial charge in [0, 0.05) is 18.2 Å². The van der Waals surface area contributed by atoms with E-state index in [0.29, 0.717) is 17.7 Å². The van der Waals surface area contributed by atoms with Crippen molar-refractivity contribution in [1.29, 1.82) is 0 Å². The number of benzene rings is 2. The first kappa shape index (κ1) is 22.8. The Morgan fingerprint density at radius 3 is 2.24 bits per heavy atom. The summed E-state index contributed by atoms with van der Waals surface area (Å²) in [5.74, 6) is -1.97. The maximum Gasteiger partial charge on any atom is 0.419 e. The predicted octanol–water partition coefficient (Wildman–Crippen LogP) is 4.10. The van der Waals surface area contributed by atoms with E-state index in [2.05, 4.69) is 10.0 Å². The molecule has 2 aromatic carbocycles. The van der Waals surface area contributed by atoms with Crippen LogP contribution in [0.4, 0.5) is 23.2 Å². The molecule has 2 aromatic rings. The number of hydrogen-bond acceptors (Lipinski definition) is 3. The average molecular weight is 432 g/mol. The SMILES string of the molecule is CC(C)NS(=O)(=O)c1ccc(CCC(=O)Nc2ccc(F)c(C(F)(F)F)c2)cc1. The van der Waals surface area contributed by atoms with Crippen LogP contribution in [0.15, 0.2) is 47.4 Å². The van der Waals surface area contributed by atoms with E-state index < -0.39 is 33.5 Å². The second-order valence-corrected chi connectivity index (χ2v) is 8.37. The van der Waals surface area contributed by atoms with Crippen molar-refractivity contribution >= 4 is 21.6 Å². The van der Waals surface area contributed by atoms with Gasteiger partial charge in [0.2, 0.25) is 15.9 Å². The van der Waals surface area contributed by atoms with Gasteiger partial charge in [-0.05, 0) is 56.2 Å². The van der Waals surface area contributed by atoms with Gasteiger partial charge in [-0.15, -0.1) is 0 Å².